The molecule has 1 aliphatic heterocycles. The minimum Gasteiger partial charge on any atom is -0.494 e. The summed E-state index contributed by atoms with van der Waals surface area (Å²) in [6.07, 6.45) is 1.05. The molecule has 0 bridgehead atoms. The van der Waals surface area contributed by atoms with Crippen molar-refractivity contribution in [1.29, 1.82) is 0 Å². The highest BCUT2D eigenvalue weighted by Gasteiger charge is 2.24. The molecule has 3 rings (SSSR count). The molecule has 0 spiro atoms. The molecular formula is C28H36N4O6. The van der Waals surface area contributed by atoms with Gasteiger partial charge in [-0.25, -0.2) is 9.59 Å². The number of benzene rings is 2. The number of aliphatic imine (C=N–C) groups is 1. The molecule has 0 aromatic heterocycles. The van der Waals surface area contributed by atoms with Crippen molar-refractivity contribution >= 4 is 23.9 Å². The van der Waals surface area contributed by atoms with E-state index in [1.54, 1.807) is 26.0 Å². The number of amides is 2. The van der Waals surface area contributed by atoms with Gasteiger partial charge in [-0.05, 0) is 49.9 Å². The van der Waals surface area contributed by atoms with Gasteiger partial charge in [0.05, 0.1) is 12.7 Å². The number of guanidine groups is 1. The number of alkyl carbamates (subject to hydrolysis) is 1. The van der Waals surface area contributed by atoms with Crippen LogP contribution < -0.4 is 20.7 Å². The Morgan fingerprint density at radius 1 is 1.03 bits per heavy atom. The molecule has 38 heavy (non-hydrogen) atoms. The fourth-order valence-electron chi connectivity index (χ4n) is 3.61. The van der Waals surface area contributed by atoms with E-state index in [4.69, 9.17) is 14.2 Å². The van der Waals surface area contributed by atoms with Crippen LogP contribution in [0.4, 0.5) is 4.79 Å². The summed E-state index contributed by atoms with van der Waals surface area (Å²) in [5, 5.41) is 8.43. The first kappa shape index (κ1) is 28.5. The van der Waals surface area contributed by atoms with Crippen LogP contribution in [0.5, 0.6) is 5.75 Å². The molecule has 10 nitrogen and oxygen atoms in total. The Morgan fingerprint density at radius 3 is 2.47 bits per heavy atom. The van der Waals surface area contributed by atoms with Crippen LogP contribution in [-0.4, -0.2) is 55.8 Å². The van der Waals surface area contributed by atoms with Gasteiger partial charge in [-0.15, -0.1) is 0 Å². The number of hydrogen-bond donors (Lipinski definition) is 3. The van der Waals surface area contributed by atoms with Gasteiger partial charge in [0, 0.05) is 25.9 Å². The minimum atomic E-state index is -0.908. The van der Waals surface area contributed by atoms with Gasteiger partial charge in [-0.3, -0.25) is 15.1 Å². The third-order valence-corrected chi connectivity index (χ3v) is 5.48. The lowest BCUT2D eigenvalue weighted by molar-refractivity contribution is -0.149. The normalized spacial score (nSPS) is 13.5. The lowest BCUT2D eigenvalue weighted by atomic mass is 10.1. The highest BCUT2D eigenvalue weighted by Crippen LogP contribution is 2.15. The Balaban J connectivity index is 1.45. The van der Waals surface area contributed by atoms with Crippen molar-refractivity contribution in [3.05, 3.63) is 65.7 Å². The third-order valence-electron chi connectivity index (χ3n) is 5.48. The largest absolute Gasteiger partial charge is 0.494 e. The van der Waals surface area contributed by atoms with Crippen molar-refractivity contribution in [2.75, 3.05) is 19.7 Å². The van der Waals surface area contributed by atoms with Crippen LogP contribution in [0.15, 0.2) is 59.6 Å². The molecule has 1 aliphatic rings. The highest BCUT2D eigenvalue weighted by atomic mass is 16.6. The molecule has 1 unspecified atom stereocenters. The van der Waals surface area contributed by atoms with Gasteiger partial charge >= 0.3 is 12.1 Å². The average Bonchev–Trinajstić information content (AvgIpc) is 2.91. The van der Waals surface area contributed by atoms with Gasteiger partial charge in [0.25, 0.3) is 0 Å². The zero-order valence-electron chi connectivity index (χ0n) is 21.9. The molecule has 0 saturated heterocycles. The quantitative estimate of drug-likeness (QED) is 0.288. The topological polar surface area (TPSA) is 127 Å². The van der Waals surface area contributed by atoms with E-state index in [-0.39, 0.29) is 25.0 Å². The molecule has 204 valence electrons. The maximum atomic E-state index is 12.6. The zero-order valence-corrected chi connectivity index (χ0v) is 21.9. The molecule has 0 fully saturated rings. The zero-order chi connectivity index (χ0) is 27.2. The van der Waals surface area contributed by atoms with E-state index in [0.717, 1.165) is 30.6 Å². The van der Waals surface area contributed by atoms with Gasteiger partial charge < -0.3 is 24.8 Å². The lowest BCUT2D eigenvalue weighted by Crippen LogP contribution is -2.44. The third kappa shape index (κ3) is 10.5. The van der Waals surface area contributed by atoms with Gasteiger partial charge in [-0.1, -0.05) is 42.5 Å². The van der Waals surface area contributed by atoms with Crippen molar-refractivity contribution in [3.8, 4) is 5.75 Å². The summed E-state index contributed by atoms with van der Waals surface area (Å²) >= 11 is 0. The summed E-state index contributed by atoms with van der Waals surface area (Å²) in [4.78, 5) is 41.2. The van der Waals surface area contributed by atoms with Crippen molar-refractivity contribution < 1.29 is 28.6 Å². The molecule has 0 aliphatic carbocycles. The second-order valence-corrected chi connectivity index (χ2v) is 9.10. The molecule has 1 atom stereocenters. The minimum absolute atomic E-state index is 0.0952. The van der Waals surface area contributed by atoms with Crippen molar-refractivity contribution in [2.24, 2.45) is 4.99 Å². The number of rotatable bonds is 12. The van der Waals surface area contributed by atoms with E-state index in [0.29, 0.717) is 31.2 Å². The molecule has 2 amide bonds. The monoisotopic (exact) mass is 524 g/mol. The van der Waals surface area contributed by atoms with Gasteiger partial charge in [0.15, 0.2) is 5.96 Å². The Morgan fingerprint density at radius 2 is 1.79 bits per heavy atom. The van der Waals surface area contributed by atoms with E-state index < -0.39 is 18.1 Å². The first-order valence-corrected chi connectivity index (χ1v) is 12.9. The van der Waals surface area contributed by atoms with Crippen LogP contribution in [0.2, 0.25) is 0 Å². The van der Waals surface area contributed by atoms with E-state index in [1.165, 1.54) is 0 Å². The number of carbonyl (C=O) groups excluding carboxylic acids is 3. The fraction of sp³-hybridized carbons (Fsp3) is 0.429. The van der Waals surface area contributed by atoms with Crippen LogP contribution in [0.25, 0.3) is 0 Å². The van der Waals surface area contributed by atoms with Gasteiger partial charge in [0.1, 0.15) is 18.4 Å². The summed E-state index contributed by atoms with van der Waals surface area (Å²) in [7, 11) is 0. The summed E-state index contributed by atoms with van der Waals surface area (Å²) in [5.41, 5.74) is 1.65. The fourth-order valence-corrected chi connectivity index (χ4v) is 3.61. The molecule has 10 heteroatoms. The summed E-state index contributed by atoms with van der Waals surface area (Å²) < 4.78 is 16.3. The lowest BCUT2D eigenvalue weighted by Gasteiger charge is -2.19. The van der Waals surface area contributed by atoms with Gasteiger partial charge in [-0.2, -0.15) is 0 Å². The second-order valence-electron chi connectivity index (χ2n) is 9.10. The predicted octanol–water partition coefficient (Wildman–Crippen LogP) is 3.10. The second kappa shape index (κ2) is 15.2. The van der Waals surface area contributed by atoms with Gasteiger partial charge in [0.2, 0.25) is 5.91 Å². The summed E-state index contributed by atoms with van der Waals surface area (Å²) in [6.45, 7) is 5.50. The molecule has 3 N–H and O–H groups in total. The van der Waals surface area contributed by atoms with Crippen molar-refractivity contribution in [2.45, 2.75) is 58.3 Å². The van der Waals surface area contributed by atoms with E-state index in [9.17, 15) is 14.4 Å². The van der Waals surface area contributed by atoms with E-state index in [1.807, 2.05) is 42.5 Å². The molecular weight excluding hydrogens is 488 g/mol. The standard InChI is InChI=1S/C28H36N4O6/c1-20(2)38-26(34)24(31-28(35)37-19-22-8-4-3-5-9-22)18-21-11-13-23(14-12-21)36-17-6-10-25(33)32-27-29-15-7-16-30-27/h3-5,8-9,11-14,20,24H,6-7,10,15-19H2,1-2H3,(H,31,35)(H2,29,30,32,33). The van der Waals surface area contributed by atoms with Crippen LogP contribution in [0.1, 0.15) is 44.2 Å². The average molecular weight is 525 g/mol. The number of carbonyl (C=O) groups is 3. The molecule has 2 aromatic carbocycles. The Hall–Kier alpha value is -4.08. The number of nitrogens with one attached hydrogen (secondary N) is 3. The van der Waals surface area contributed by atoms with Crippen molar-refractivity contribution in [3.63, 3.8) is 0 Å². The Bertz CT molecular complexity index is 1070. The molecule has 0 radical (unpaired) electrons. The van der Waals surface area contributed by atoms with E-state index in [2.05, 4.69) is 20.9 Å². The van der Waals surface area contributed by atoms with Crippen molar-refractivity contribution in [1.82, 2.24) is 16.0 Å². The first-order chi connectivity index (χ1) is 18.4. The van der Waals surface area contributed by atoms with Crippen LogP contribution in [-0.2, 0) is 32.1 Å². The molecule has 1 heterocycles. The number of esters is 1. The molecule has 0 saturated carbocycles. The van der Waals surface area contributed by atoms with Crippen LogP contribution in [0, 0.1) is 0 Å². The SMILES string of the molecule is CC(C)OC(=O)C(Cc1ccc(OCCCC(=O)NC2=NCCCN2)cc1)NC(=O)OCc1ccccc1. The first-order valence-electron chi connectivity index (χ1n) is 12.9. The van der Waals surface area contributed by atoms with Crippen LogP contribution in [0.3, 0.4) is 0 Å². The van der Waals surface area contributed by atoms with E-state index >= 15 is 0 Å². The number of nitrogens with zero attached hydrogens (tertiary/aromatic N) is 1. The number of hydrogen-bond acceptors (Lipinski definition) is 8. The Labute approximate surface area is 223 Å². The van der Waals surface area contributed by atoms with Crippen LogP contribution >= 0.6 is 0 Å². The summed E-state index contributed by atoms with van der Waals surface area (Å²) in [5.74, 6) is 0.534. The summed E-state index contributed by atoms with van der Waals surface area (Å²) in [6, 6.07) is 15.6. The Kier molecular flexibility index (Phi) is 11.4. The maximum Gasteiger partial charge on any atom is 0.408 e. The highest BCUT2D eigenvalue weighted by molar-refractivity contribution is 5.97. The molecule has 2 aromatic rings. The maximum absolute atomic E-state index is 12.6. The predicted molar refractivity (Wildman–Crippen MR) is 143 cm³/mol. The number of ether oxygens (including phenoxy) is 3. The smallest absolute Gasteiger partial charge is 0.408 e.